The second kappa shape index (κ2) is 5.75. The van der Waals surface area contributed by atoms with Gasteiger partial charge in [0.1, 0.15) is 5.82 Å². The second-order valence-corrected chi connectivity index (χ2v) is 4.51. The molecule has 0 fully saturated rings. The Balaban J connectivity index is 2.16. The topological polar surface area (TPSA) is 49.2 Å². The van der Waals surface area contributed by atoms with E-state index >= 15 is 0 Å². The first-order valence-corrected chi connectivity index (χ1v) is 6.05. The minimum Gasteiger partial charge on any atom is -0.392 e. The van der Waals surface area contributed by atoms with Gasteiger partial charge in [0.2, 0.25) is 0 Å². The van der Waals surface area contributed by atoms with E-state index in [1.165, 1.54) is 12.1 Å². The molecular formula is C14H16FN3O. The lowest BCUT2D eigenvalue weighted by atomic mass is 10.1. The highest BCUT2D eigenvalue weighted by atomic mass is 19.1. The molecule has 2 aromatic rings. The molecule has 1 unspecified atom stereocenters. The zero-order valence-corrected chi connectivity index (χ0v) is 10.9. The molecular weight excluding hydrogens is 245 g/mol. The molecule has 1 N–H and O–H groups in total. The number of rotatable bonds is 4. The van der Waals surface area contributed by atoms with Gasteiger partial charge in [0.15, 0.2) is 5.82 Å². The van der Waals surface area contributed by atoms with Crippen molar-refractivity contribution in [1.82, 2.24) is 10.2 Å². The minimum atomic E-state index is -0.427. The van der Waals surface area contributed by atoms with Crippen molar-refractivity contribution in [1.29, 1.82) is 0 Å². The summed E-state index contributed by atoms with van der Waals surface area (Å²) in [5.41, 5.74) is 1.51. The van der Waals surface area contributed by atoms with Crippen LogP contribution in [0.2, 0.25) is 0 Å². The molecule has 1 heterocycles. The maximum Gasteiger partial charge on any atom is 0.151 e. The van der Waals surface area contributed by atoms with Crippen LogP contribution < -0.4 is 4.90 Å². The van der Waals surface area contributed by atoms with Crippen LogP contribution in [0.3, 0.4) is 0 Å². The van der Waals surface area contributed by atoms with E-state index in [1.54, 1.807) is 19.1 Å². The van der Waals surface area contributed by atoms with Crippen LogP contribution in [-0.2, 0) is 0 Å². The Labute approximate surface area is 111 Å². The van der Waals surface area contributed by atoms with E-state index in [-0.39, 0.29) is 5.82 Å². The Bertz CT molecular complexity index is 525. The highest BCUT2D eigenvalue weighted by molar-refractivity contribution is 5.59. The maximum absolute atomic E-state index is 12.8. The highest BCUT2D eigenvalue weighted by Crippen LogP contribution is 2.18. The van der Waals surface area contributed by atoms with Gasteiger partial charge in [-0.05, 0) is 43.3 Å². The Kier molecular flexibility index (Phi) is 4.06. The molecule has 0 radical (unpaired) electrons. The number of anilines is 1. The summed E-state index contributed by atoms with van der Waals surface area (Å²) in [5.74, 6) is 0.414. The summed E-state index contributed by atoms with van der Waals surface area (Å²) < 4.78 is 12.8. The lowest BCUT2D eigenvalue weighted by Gasteiger charge is -2.19. The molecule has 4 nitrogen and oxygen atoms in total. The predicted octanol–water partition coefficient (Wildman–Crippen LogP) is 2.10. The van der Waals surface area contributed by atoms with Gasteiger partial charge < -0.3 is 10.0 Å². The smallest absolute Gasteiger partial charge is 0.151 e. The fourth-order valence-electron chi connectivity index (χ4n) is 1.79. The van der Waals surface area contributed by atoms with Crippen LogP contribution in [0.4, 0.5) is 10.2 Å². The third kappa shape index (κ3) is 3.48. The lowest BCUT2D eigenvalue weighted by molar-refractivity contribution is 0.201. The van der Waals surface area contributed by atoms with Gasteiger partial charge in [0.05, 0.1) is 11.8 Å². The van der Waals surface area contributed by atoms with Gasteiger partial charge in [-0.2, -0.15) is 0 Å². The number of hydrogen-bond donors (Lipinski definition) is 1. The Hall–Kier alpha value is -2.01. The van der Waals surface area contributed by atoms with Gasteiger partial charge >= 0.3 is 0 Å². The summed E-state index contributed by atoms with van der Waals surface area (Å²) >= 11 is 0. The molecule has 5 heteroatoms. The molecule has 0 aliphatic heterocycles. The van der Waals surface area contributed by atoms with Crippen molar-refractivity contribution in [2.75, 3.05) is 18.5 Å². The van der Waals surface area contributed by atoms with Crippen molar-refractivity contribution in [2.45, 2.75) is 13.0 Å². The van der Waals surface area contributed by atoms with E-state index in [4.69, 9.17) is 0 Å². The number of nitrogens with zero attached hydrogens (tertiary/aromatic N) is 3. The highest BCUT2D eigenvalue weighted by Gasteiger charge is 2.07. The van der Waals surface area contributed by atoms with Crippen molar-refractivity contribution < 1.29 is 9.50 Å². The van der Waals surface area contributed by atoms with Gasteiger partial charge in [0, 0.05) is 19.2 Å². The number of halogens is 1. The van der Waals surface area contributed by atoms with E-state index in [2.05, 4.69) is 10.2 Å². The summed E-state index contributed by atoms with van der Waals surface area (Å²) in [6, 6.07) is 9.77. The van der Waals surface area contributed by atoms with E-state index in [0.29, 0.717) is 18.1 Å². The van der Waals surface area contributed by atoms with E-state index in [0.717, 1.165) is 5.56 Å². The molecule has 0 bridgehead atoms. The van der Waals surface area contributed by atoms with E-state index < -0.39 is 6.10 Å². The number of hydrogen-bond acceptors (Lipinski definition) is 4. The second-order valence-electron chi connectivity index (χ2n) is 4.51. The molecule has 1 aromatic heterocycles. The molecule has 0 saturated carbocycles. The first-order valence-electron chi connectivity index (χ1n) is 6.05. The predicted molar refractivity (Wildman–Crippen MR) is 72.4 cm³/mol. The van der Waals surface area contributed by atoms with Crippen LogP contribution in [0.1, 0.15) is 6.92 Å². The van der Waals surface area contributed by atoms with E-state index in [9.17, 15) is 9.50 Å². The number of aromatic nitrogens is 2. The van der Waals surface area contributed by atoms with Gasteiger partial charge in [-0.25, -0.2) is 4.39 Å². The summed E-state index contributed by atoms with van der Waals surface area (Å²) in [5, 5.41) is 17.5. The van der Waals surface area contributed by atoms with Crippen LogP contribution in [0.5, 0.6) is 0 Å². The fourth-order valence-corrected chi connectivity index (χ4v) is 1.79. The molecule has 19 heavy (non-hydrogen) atoms. The Morgan fingerprint density at radius 3 is 2.37 bits per heavy atom. The van der Waals surface area contributed by atoms with Gasteiger partial charge in [-0.1, -0.05) is 0 Å². The monoisotopic (exact) mass is 261 g/mol. The molecule has 0 amide bonds. The SMILES string of the molecule is CC(O)CN(C)c1ccc(-c2ccc(F)cc2)nn1. The van der Waals surface area contributed by atoms with Gasteiger partial charge in [0.25, 0.3) is 0 Å². The van der Waals surface area contributed by atoms with Crippen LogP contribution >= 0.6 is 0 Å². The maximum atomic E-state index is 12.8. The Morgan fingerprint density at radius 2 is 1.84 bits per heavy atom. The third-order valence-electron chi connectivity index (χ3n) is 2.72. The molecule has 2 rings (SSSR count). The van der Waals surface area contributed by atoms with E-state index in [1.807, 2.05) is 24.1 Å². The van der Waals surface area contributed by atoms with Crippen LogP contribution in [-0.4, -0.2) is 35.0 Å². The van der Waals surface area contributed by atoms with Crippen molar-refractivity contribution >= 4 is 5.82 Å². The zero-order chi connectivity index (χ0) is 13.8. The Morgan fingerprint density at radius 1 is 1.16 bits per heavy atom. The van der Waals surface area contributed by atoms with Gasteiger partial charge in [-0.15, -0.1) is 10.2 Å². The average Bonchev–Trinajstić information content (AvgIpc) is 2.39. The van der Waals surface area contributed by atoms with Crippen molar-refractivity contribution in [2.24, 2.45) is 0 Å². The summed E-state index contributed by atoms with van der Waals surface area (Å²) in [6.07, 6.45) is -0.427. The summed E-state index contributed by atoms with van der Waals surface area (Å²) in [7, 11) is 1.84. The lowest BCUT2D eigenvalue weighted by Crippen LogP contribution is -2.27. The average molecular weight is 261 g/mol. The third-order valence-corrected chi connectivity index (χ3v) is 2.72. The molecule has 0 spiro atoms. The van der Waals surface area contributed by atoms with Crippen LogP contribution in [0.25, 0.3) is 11.3 Å². The largest absolute Gasteiger partial charge is 0.392 e. The van der Waals surface area contributed by atoms with Crippen LogP contribution in [0, 0.1) is 5.82 Å². The van der Waals surface area contributed by atoms with Gasteiger partial charge in [-0.3, -0.25) is 0 Å². The molecule has 1 atom stereocenters. The number of likely N-dealkylation sites (N-methyl/N-ethyl adjacent to an activating group) is 1. The number of aliphatic hydroxyl groups is 1. The standard InChI is InChI=1S/C14H16FN3O/c1-10(19)9-18(2)14-8-7-13(16-17-14)11-3-5-12(15)6-4-11/h3-8,10,19H,9H2,1-2H3. The first-order chi connectivity index (χ1) is 9.06. The number of benzene rings is 1. The molecule has 100 valence electrons. The van der Waals surface area contributed by atoms with Crippen molar-refractivity contribution in [3.63, 3.8) is 0 Å². The quantitative estimate of drug-likeness (QED) is 0.915. The fraction of sp³-hybridized carbons (Fsp3) is 0.286. The first kappa shape index (κ1) is 13.4. The summed E-state index contributed by atoms with van der Waals surface area (Å²) in [4.78, 5) is 1.83. The molecule has 0 saturated heterocycles. The number of aliphatic hydroxyl groups excluding tert-OH is 1. The normalized spacial score (nSPS) is 12.2. The molecule has 1 aromatic carbocycles. The summed E-state index contributed by atoms with van der Waals surface area (Å²) in [6.45, 7) is 2.21. The minimum absolute atomic E-state index is 0.273. The van der Waals surface area contributed by atoms with Crippen molar-refractivity contribution in [3.8, 4) is 11.3 Å². The molecule has 0 aliphatic rings. The molecule has 0 aliphatic carbocycles. The van der Waals surface area contributed by atoms with Crippen molar-refractivity contribution in [3.05, 3.63) is 42.2 Å². The van der Waals surface area contributed by atoms with Crippen LogP contribution in [0.15, 0.2) is 36.4 Å². The zero-order valence-electron chi connectivity index (χ0n) is 10.9.